The van der Waals surface area contributed by atoms with Crippen LogP contribution in [0.1, 0.15) is 45.9 Å². The quantitative estimate of drug-likeness (QED) is 0.773. The van der Waals surface area contributed by atoms with Gasteiger partial charge < -0.3 is 5.32 Å². The lowest BCUT2D eigenvalue weighted by Gasteiger charge is -2.11. The van der Waals surface area contributed by atoms with Gasteiger partial charge in [0.1, 0.15) is 0 Å². The highest BCUT2D eigenvalue weighted by atomic mass is 16.1. The molecule has 0 aliphatic heterocycles. The summed E-state index contributed by atoms with van der Waals surface area (Å²) in [6, 6.07) is 17.0. The predicted molar refractivity (Wildman–Crippen MR) is 99.4 cm³/mol. The second-order valence-corrected chi connectivity index (χ2v) is 6.56. The number of hydrogen-bond donors (Lipinski definition) is 1. The number of aromatic nitrogens is 2. The molecule has 0 unspecified atom stereocenters. The lowest BCUT2D eigenvalue weighted by atomic mass is 10.1. The Bertz CT molecular complexity index is 1020. The van der Waals surface area contributed by atoms with Gasteiger partial charge >= 0.3 is 0 Å². The van der Waals surface area contributed by atoms with Crippen molar-refractivity contribution in [3.8, 4) is 11.8 Å². The maximum absolute atomic E-state index is 12.8. The van der Waals surface area contributed by atoms with E-state index in [0.717, 1.165) is 29.8 Å². The van der Waals surface area contributed by atoms with Crippen LogP contribution in [0.15, 0.2) is 54.7 Å². The maximum atomic E-state index is 12.8. The van der Waals surface area contributed by atoms with Crippen LogP contribution in [0.3, 0.4) is 0 Å². The molecule has 1 aliphatic carbocycles. The largest absolute Gasteiger partial charge is 0.322 e. The number of hydrogen-bond acceptors (Lipinski definition) is 3. The van der Waals surface area contributed by atoms with E-state index in [0.29, 0.717) is 22.7 Å². The standard InChI is InChI=1S/C21H18N4O/c1-14-5-2-3-8-19(14)25-20(16-9-10-16)18(13-23-25)21(26)24-17-7-4-6-15(11-17)12-22/h2-8,11,13,16H,9-10H2,1H3,(H,24,26). The highest BCUT2D eigenvalue weighted by Crippen LogP contribution is 2.42. The smallest absolute Gasteiger partial charge is 0.259 e. The van der Waals surface area contributed by atoms with Gasteiger partial charge in [0.15, 0.2) is 0 Å². The third kappa shape index (κ3) is 2.98. The zero-order valence-corrected chi connectivity index (χ0v) is 14.4. The molecule has 0 saturated heterocycles. The zero-order valence-electron chi connectivity index (χ0n) is 14.4. The fourth-order valence-electron chi connectivity index (χ4n) is 3.14. The Hall–Kier alpha value is -3.39. The number of rotatable bonds is 4. The number of benzene rings is 2. The predicted octanol–water partition coefficient (Wildman–Crippen LogP) is 4.18. The van der Waals surface area contributed by atoms with E-state index in [4.69, 9.17) is 5.26 Å². The average Bonchev–Trinajstić information content (AvgIpc) is 3.40. The summed E-state index contributed by atoms with van der Waals surface area (Å²) in [5.74, 6) is 0.171. The lowest BCUT2D eigenvalue weighted by Crippen LogP contribution is -2.14. The van der Waals surface area contributed by atoms with Gasteiger partial charge in [-0.3, -0.25) is 4.79 Å². The van der Waals surface area contributed by atoms with E-state index < -0.39 is 0 Å². The molecule has 1 aromatic heterocycles. The van der Waals surface area contributed by atoms with Crippen LogP contribution in [0.4, 0.5) is 5.69 Å². The van der Waals surface area contributed by atoms with Crippen molar-refractivity contribution in [2.75, 3.05) is 5.32 Å². The van der Waals surface area contributed by atoms with Crippen molar-refractivity contribution >= 4 is 11.6 Å². The van der Waals surface area contributed by atoms with E-state index in [1.165, 1.54) is 0 Å². The van der Waals surface area contributed by atoms with Crippen LogP contribution in [0.2, 0.25) is 0 Å². The Morgan fingerprint density at radius 2 is 2.04 bits per heavy atom. The summed E-state index contributed by atoms with van der Waals surface area (Å²) in [6.07, 6.45) is 3.78. The number of nitrogens with one attached hydrogen (secondary N) is 1. The first kappa shape index (κ1) is 16.1. The minimum absolute atomic E-state index is 0.193. The molecule has 1 heterocycles. The van der Waals surface area contributed by atoms with Crippen LogP contribution in [0, 0.1) is 18.3 Å². The molecule has 2 aromatic carbocycles. The number of aryl methyl sites for hydroxylation is 1. The molecule has 1 aliphatic rings. The van der Waals surface area contributed by atoms with Crippen molar-refractivity contribution in [3.05, 3.63) is 77.1 Å². The molecule has 5 nitrogen and oxygen atoms in total. The summed E-state index contributed by atoms with van der Waals surface area (Å²) in [7, 11) is 0. The van der Waals surface area contributed by atoms with Gasteiger partial charge in [-0.2, -0.15) is 10.4 Å². The first-order chi connectivity index (χ1) is 12.7. The van der Waals surface area contributed by atoms with Crippen LogP contribution < -0.4 is 5.32 Å². The Labute approximate surface area is 151 Å². The summed E-state index contributed by atoms with van der Waals surface area (Å²) in [5.41, 5.74) is 4.80. The van der Waals surface area contributed by atoms with Crippen LogP contribution in [0.25, 0.3) is 5.69 Å². The topological polar surface area (TPSA) is 70.7 Å². The van der Waals surface area contributed by atoms with Gasteiger partial charge in [0.05, 0.1) is 34.8 Å². The molecule has 1 saturated carbocycles. The van der Waals surface area contributed by atoms with Gasteiger partial charge in [-0.15, -0.1) is 0 Å². The van der Waals surface area contributed by atoms with Crippen molar-refractivity contribution in [2.24, 2.45) is 0 Å². The van der Waals surface area contributed by atoms with Crippen LogP contribution in [-0.4, -0.2) is 15.7 Å². The van der Waals surface area contributed by atoms with Gasteiger partial charge in [-0.1, -0.05) is 24.3 Å². The van der Waals surface area contributed by atoms with E-state index in [-0.39, 0.29) is 5.91 Å². The van der Waals surface area contributed by atoms with Gasteiger partial charge in [0, 0.05) is 11.6 Å². The van der Waals surface area contributed by atoms with E-state index in [9.17, 15) is 4.79 Å². The molecule has 1 N–H and O–H groups in total. The van der Waals surface area contributed by atoms with Crippen molar-refractivity contribution in [2.45, 2.75) is 25.7 Å². The van der Waals surface area contributed by atoms with E-state index >= 15 is 0 Å². The minimum Gasteiger partial charge on any atom is -0.322 e. The second-order valence-electron chi connectivity index (χ2n) is 6.56. The normalized spacial score (nSPS) is 13.2. The molecule has 1 fully saturated rings. The number of anilines is 1. The number of para-hydroxylation sites is 1. The average molecular weight is 342 g/mol. The molecule has 0 spiro atoms. The maximum Gasteiger partial charge on any atom is 0.259 e. The molecule has 26 heavy (non-hydrogen) atoms. The van der Waals surface area contributed by atoms with Crippen LogP contribution in [0.5, 0.6) is 0 Å². The summed E-state index contributed by atoms with van der Waals surface area (Å²) in [5, 5.41) is 16.4. The van der Waals surface area contributed by atoms with Crippen LogP contribution >= 0.6 is 0 Å². The first-order valence-corrected chi connectivity index (χ1v) is 8.63. The Morgan fingerprint density at radius 3 is 2.77 bits per heavy atom. The monoisotopic (exact) mass is 342 g/mol. The summed E-state index contributed by atoms with van der Waals surface area (Å²) < 4.78 is 1.90. The Balaban J connectivity index is 1.70. The number of nitriles is 1. The summed E-state index contributed by atoms with van der Waals surface area (Å²) in [6.45, 7) is 2.04. The zero-order chi connectivity index (χ0) is 18.1. The van der Waals surface area contributed by atoms with Gasteiger partial charge in [0.25, 0.3) is 5.91 Å². The van der Waals surface area contributed by atoms with E-state index in [2.05, 4.69) is 16.5 Å². The van der Waals surface area contributed by atoms with Crippen molar-refractivity contribution < 1.29 is 4.79 Å². The minimum atomic E-state index is -0.193. The molecular weight excluding hydrogens is 324 g/mol. The molecule has 4 rings (SSSR count). The van der Waals surface area contributed by atoms with Crippen molar-refractivity contribution in [1.29, 1.82) is 5.26 Å². The van der Waals surface area contributed by atoms with Gasteiger partial charge in [-0.25, -0.2) is 4.68 Å². The highest BCUT2D eigenvalue weighted by molar-refractivity contribution is 6.05. The first-order valence-electron chi connectivity index (χ1n) is 8.63. The number of carbonyl (C=O) groups is 1. The number of carbonyl (C=O) groups excluding carboxylic acids is 1. The molecule has 128 valence electrons. The molecule has 0 radical (unpaired) electrons. The third-order valence-corrected chi connectivity index (χ3v) is 4.61. The van der Waals surface area contributed by atoms with Crippen LogP contribution in [-0.2, 0) is 0 Å². The fourth-order valence-corrected chi connectivity index (χ4v) is 3.14. The fraction of sp³-hybridized carbons (Fsp3) is 0.190. The summed E-state index contributed by atoms with van der Waals surface area (Å²) in [4.78, 5) is 12.8. The SMILES string of the molecule is Cc1ccccc1-n1ncc(C(=O)Nc2cccc(C#N)c2)c1C1CC1. The Kier molecular flexibility index (Phi) is 4.02. The van der Waals surface area contributed by atoms with Crippen molar-refractivity contribution in [1.82, 2.24) is 9.78 Å². The second kappa shape index (κ2) is 6.49. The lowest BCUT2D eigenvalue weighted by molar-refractivity contribution is 0.102. The molecule has 5 heteroatoms. The molecular formula is C21H18N4O. The third-order valence-electron chi connectivity index (χ3n) is 4.61. The van der Waals surface area contributed by atoms with E-state index in [1.54, 1.807) is 30.5 Å². The number of nitrogens with zero attached hydrogens (tertiary/aromatic N) is 3. The van der Waals surface area contributed by atoms with E-state index in [1.807, 2.05) is 35.9 Å². The van der Waals surface area contributed by atoms with Crippen molar-refractivity contribution in [3.63, 3.8) is 0 Å². The molecule has 0 atom stereocenters. The molecule has 3 aromatic rings. The Morgan fingerprint density at radius 1 is 1.23 bits per heavy atom. The summed E-state index contributed by atoms with van der Waals surface area (Å²) >= 11 is 0. The molecule has 1 amide bonds. The van der Waals surface area contributed by atoms with Gasteiger partial charge in [0.2, 0.25) is 0 Å². The molecule has 0 bridgehead atoms. The highest BCUT2D eigenvalue weighted by Gasteiger charge is 2.33. The van der Waals surface area contributed by atoms with Gasteiger partial charge in [-0.05, 0) is 49.6 Å². The number of amides is 1.